The van der Waals surface area contributed by atoms with Gasteiger partial charge in [-0.25, -0.2) is 4.98 Å². The second-order valence-electron chi connectivity index (χ2n) is 5.06. The zero-order valence-electron chi connectivity index (χ0n) is 10.9. The summed E-state index contributed by atoms with van der Waals surface area (Å²) in [5.74, 6) is 1.72. The highest BCUT2D eigenvalue weighted by molar-refractivity contribution is 6.31. The standard InChI is InChI=1S/C14H17ClN4/c1-10-16-14(18-17-10)9-19(12-6-7-12)8-11-4-2-3-5-13(11)15/h2-5,12H,6-9H2,1H3,(H,16,17,18). The molecule has 19 heavy (non-hydrogen) atoms. The summed E-state index contributed by atoms with van der Waals surface area (Å²) in [4.78, 5) is 6.79. The van der Waals surface area contributed by atoms with Crippen LogP contribution < -0.4 is 0 Å². The number of aryl methyl sites for hydroxylation is 1. The second-order valence-corrected chi connectivity index (χ2v) is 5.47. The molecule has 4 nitrogen and oxygen atoms in total. The maximum Gasteiger partial charge on any atom is 0.164 e. The van der Waals surface area contributed by atoms with Gasteiger partial charge in [-0.05, 0) is 31.4 Å². The lowest BCUT2D eigenvalue weighted by Crippen LogP contribution is -2.25. The fraction of sp³-hybridized carbons (Fsp3) is 0.429. The van der Waals surface area contributed by atoms with Gasteiger partial charge < -0.3 is 0 Å². The third kappa shape index (κ3) is 3.14. The summed E-state index contributed by atoms with van der Waals surface area (Å²) >= 11 is 6.24. The molecule has 1 aliphatic rings. The lowest BCUT2D eigenvalue weighted by atomic mass is 10.2. The first-order valence-electron chi connectivity index (χ1n) is 6.58. The van der Waals surface area contributed by atoms with E-state index in [1.807, 2.05) is 25.1 Å². The molecule has 5 heteroatoms. The number of nitrogens with zero attached hydrogens (tertiary/aromatic N) is 3. The maximum absolute atomic E-state index is 6.24. The Morgan fingerprint density at radius 2 is 2.11 bits per heavy atom. The molecule has 0 bridgehead atoms. The van der Waals surface area contributed by atoms with Gasteiger partial charge in [-0.2, -0.15) is 5.10 Å². The molecule has 1 aromatic heterocycles. The minimum Gasteiger partial charge on any atom is -0.289 e. The third-order valence-corrected chi connectivity index (χ3v) is 3.75. The monoisotopic (exact) mass is 276 g/mol. The van der Waals surface area contributed by atoms with Crippen LogP contribution in [0, 0.1) is 6.92 Å². The normalized spacial score (nSPS) is 15.1. The zero-order chi connectivity index (χ0) is 13.2. The molecule has 100 valence electrons. The summed E-state index contributed by atoms with van der Waals surface area (Å²) < 4.78 is 0. The van der Waals surface area contributed by atoms with E-state index in [-0.39, 0.29) is 0 Å². The number of H-pyrrole nitrogens is 1. The van der Waals surface area contributed by atoms with Gasteiger partial charge in [-0.3, -0.25) is 10.00 Å². The lowest BCUT2D eigenvalue weighted by Gasteiger charge is -2.21. The Kier molecular flexibility index (Phi) is 3.53. The van der Waals surface area contributed by atoms with E-state index in [9.17, 15) is 0 Å². The number of hydrogen-bond donors (Lipinski definition) is 1. The molecule has 1 fully saturated rings. The molecule has 1 saturated carbocycles. The average Bonchev–Trinajstić information content (AvgIpc) is 3.16. The molecule has 0 saturated heterocycles. The summed E-state index contributed by atoms with van der Waals surface area (Å²) in [6.07, 6.45) is 2.52. The molecular weight excluding hydrogens is 260 g/mol. The largest absolute Gasteiger partial charge is 0.289 e. The van der Waals surface area contributed by atoms with Crippen molar-refractivity contribution in [1.82, 2.24) is 20.1 Å². The Labute approximate surface area is 117 Å². The van der Waals surface area contributed by atoms with Crippen LogP contribution in [0.3, 0.4) is 0 Å². The third-order valence-electron chi connectivity index (χ3n) is 3.38. The minimum absolute atomic E-state index is 0.648. The Morgan fingerprint density at radius 3 is 2.74 bits per heavy atom. The molecule has 1 heterocycles. The van der Waals surface area contributed by atoms with E-state index in [0.717, 1.165) is 29.8 Å². The zero-order valence-corrected chi connectivity index (χ0v) is 11.7. The van der Waals surface area contributed by atoms with Crippen LogP contribution in [0.2, 0.25) is 5.02 Å². The van der Waals surface area contributed by atoms with E-state index in [2.05, 4.69) is 26.1 Å². The Hall–Kier alpha value is -1.39. The fourth-order valence-electron chi connectivity index (χ4n) is 2.24. The van der Waals surface area contributed by atoms with E-state index in [1.165, 1.54) is 18.4 Å². The Bertz CT molecular complexity index is 562. The van der Waals surface area contributed by atoms with Crippen molar-refractivity contribution in [2.45, 2.75) is 38.9 Å². The minimum atomic E-state index is 0.648. The van der Waals surface area contributed by atoms with Crippen LogP contribution in [-0.4, -0.2) is 26.1 Å². The maximum atomic E-state index is 6.24. The number of hydrogen-bond acceptors (Lipinski definition) is 3. The van der Waals surface area contributed by atoms with Gasteiger partial charge in [0.15, 0.2) is 5.82 Å². The molecule has 0 amide bonds. The number of rotatable bonds is 5. The summed E-state index contributed by atoms with van der Waals surface area (Å²) in [6.45, 7) is 3.56. The summed E-state index contributed by atoms with van der Waals surface area (Å²) in [7, 11) is 0. The summed E-state index contributed by atoms with van der Waals surface area (Å²) in [5.41, 5.74) is 1.17. The Balaban J connectivity index is 1.73. The van der Waals surface area contributed by atoms with Gasteiger partial charge in [0, 0.05) is 17.6 Å². The highest BCUT2D eigenvalue weighted by Gasteiger charge is 2.30. The first kappa shape index (κ1) is 12.6. The number of halogens is 1. The van der Waals surface area contributed by atoms with Gasteiger partial charge in [-0.15, -0.1) is 0 Å². The average molecular weight is 277 g/mol. The van der Waals surface area contributed by atoms with Gasteiger partial charge in [0.2, 0.25) is 0 Å². The van der Waals surface area contributed by atoms with Crippen molar-refractivity contribution < 1.29 is 0 Å². The Morgan fingerprint density at radius 1 is 1.32 bits per heavy atom. The van der Waals surface area contributed by atoms with Crippen LogP contribution in [0.25, 0.3) is 0 Å². The van der Waals surface area contributed by atoms with E-state index in [1.54, 1.807) is 0 Å². The molecule has 0 unspecified atom stereocenters. The lowest BCUT2D eigenvalue weighted by molar-refractivity contribution is 0.240. The molecule has 1 N–H and O–H groups in total. The van der Waals surface area contributed by atoms with Crippen LogP contribution in [-0.2, 0) is 13.1 Å². The highest BCUT2D eigenvalue weighted by atomic mass is 35.5. The van der Waals surface area contributed by atoms with Crippen molar-refractivity contribution in [2.75, 3.05) is 0 Å². The summed E-state index contributed by atoms with van der Waals surface area (Å²) in [6, 6.07) is 8.67. The molecular formula is C14H17ClN4. The second kappa shape index (κ2) is 5.31. The fourth-order valence-corrected chi connectivity index (χ4v) is 2.44. The number of aromatic nitrogens is 3. The molecule has 1 aliphatic carbocycles. The van der Waals surface area contributed by atoms with E-state index in [0.29, 0.717) is 6.04 Å². The molecule has 3 rings (SSSR count). The van der Waals surface area contributed by atoms with Crippen LogP contribution >= 0.6 is 11.6 Å². The summed E-state index contributed by atoms with van der Waals surface area (Å²) in [5, 5.41) is 7.95. The molecule has 0 spiro atoms. The molecule has 0 atom stereocenters. The van der Waals surface area contributed by atoms with Crippen molar-refractivity contribution in [3.8, 4) is 0 Å². The highest BCUT2D eigenvalue weighted by Crippen LogP contribution is 2.30. The number of nitrogens with one attached hydrogen (secondary N) is 1. The van der Waals surface area contributed by atoms with Crippen LogP contribution in [0.1, 0.15) is 30.1 Å². The van der Waals surface area contributed by atoms with E-state index < -0.39 is 0 Å². The van der Waals surface area contributed by atoms with Crippen LogP contribution in [0.5, 0.6) is 0 Å². The first-order valence-corrected chi connectivity index (χ1v) is 6.95. The van der Waals surface area contributed by atoms with Crippen molar-refractivity contribution in [1.29, 1.82) is 0 Å². The molecule has 1 aromatic carbocycles. The van der Waals surface area contributed by atoms with E-state index in [4.69, 9.17) is 11.6 Å². The molecule has 0 aliphatic heterocycles. The first-order chi connectivity index (χ1) is 9.22. The van der Waals surface area contributed by atoms with E-state index >= 15 is 0 Å². The van der Waals surface area contributed by atoms with Crippen molar-refractivity contribution >= 4 is 11.6 Å². The smallest absolute Gasteiger partial charge is 0.164 e. The van der Waals surface area contributed by atoms with Crippen molar-refractivity contribution in [2.24, 2.45) is 0 Å². The molecule has 0 radical (unpaired) electrons. The molecule has 2 aromatic rings. The topological polar surface area (TPSA) is 44.8 Å². The predicted octanol–water partition coefficient (Wildman–Crippen LogP) is 2.93. The SMILES string of the molecule is Cc1nc(CN(Cc2ccccc2Cl)C2CC2)n[nH]1. The number of benzene rings is 1. The van der Waals surface area contributed by atoms with Crippen molar-refractivity contribution in [3.63, 3.8) is 0 Å². The number of aromatic amines is 1. The van der Waals surface area contributed by atoms with Gasteiger partial charge >= 0.3 is 0 Å². The van der Waals surface area contributed by atoms with Gasteiger partial charge in [-0.1, -0.05) is 29.8 Å². The van der Waals surface area contributed by atoms with Gasteiger partial charge in [0.05, 0.1) is 6.54 Å². The van der Waals surface area contributed by atoms with Crippen LogP contribution in [0.4, 0.5) is 0 Å². The van der Waals surface area contributed by atoms with Gasteiger partial charge in [0.1, 0.15) is 5.82 Å². The van der Waals surface area contributed by atoms with Crippen LogP contribution in [0.15, 0.2) is 24.3 Å². The quantitative estimate of drug-likeness (QED) is 0.913. The van der Waals surface area contributed by atoms with Gasteiger partial charge in [0.25, 0.3) is 0 Å². The van der Waals surface area contributed by atoms with Crippen molar-refractivity contribution in [3.05, 3.63) is 46.5 Å². The predicted molar refractivity (Wildman–Crippen MR) is 74.8 cm³/mol.